The molecule has 0 atom stereocenters. The van der Waals surface area contributed by atoms with Crippen LogP contribution in [0.5, 0.6) is 5.75 Å². The van der Waals surface area contributed by atoms with Crippen LogP contribution in [0, 0.1) is 0 Å². The van der Waals surface area contributed by atoms with Gasteiger partial charge in [0.2, 0.25) is 0 Å². The van der Waals surface area contributed by atoms with Gasteiger partial charge in [0.1, 0.15) is 5.75 Å². The maximum atomic E-state index is 11.9. The van der Waals surface area contributed by atoms with Crippen LogP contribution >= 0.6 is 15.9 Å². The highest BCUT2D eigenvalue weighted by Gasteiger charge is 2.09. The molecular formula is C13H12BrN3O4. The number of rotatable bonds is 5. The van der Waals surface area contributed by atoms with Crippen molar-refractivity contribution in [3.05, 3.63) is 46.5 Å². The van der Waals surface area contributed by atoms with E-state index in [1.165, 1.54) is 18.6 Å². The number of phenolic OH excluding ortho intramolecular Hbond substituents is 1. The minimum atomic E-state index is -1.09. The van der Waals surface area contributed by atoms with Crippen LogP contribution in [-0.2, 0) is 6.54 Å². The van der Waals surface area contributed by atoms with Gasteiger partial charge in [0.05, 0.1) is 10.8 Å². The number of carboxylic acid groups (broad SMARTS) is 1. The molecule has 3 N–H and O–H groups in total. The van der Waals surface area contributed by atoms with Crippen molar-refractivity contribution in [1.29, 1.82) is 0 Å². The molecule has 110 valence electrons. The molecule has 0 aliphatic rings. The SMILES string of the molecule is O=C(NCCn1cnc(C(=O)O)c1)c1ccc(Br)c(O)c1. The zero-order valence-electron chi connectivity index (χ0n) is 10.8. The van der Waals surface area contributed by atoms with Gasteiger partial charge in [0.25, 0.3) is 5.91 Å². The normalized spacial score (nSPS) is 10.3. The first kappa shape index (κ1) is 15.0. The fourth-order valence-corrected chi connectivity index (χ4v) is 1.89. The number of aromatic hydroxyl groups is 1. The number of carboxylic acids is 1. The minimum absolute atomic E-state index is 0.0108. The van der Waals surface area contributed by atoms with Gasteiger partial charge in [-0.15, -0.1) is 0 Å². The maximum Gasteiger partial charge on any atom is 0.356 e. The second kappa shape index (κ2) is 6.40. The van der Waals surface area contributed by atoms with E-state index in [-0.39, 0.29) is 17.4 Å². The van der Waals surface area contributed by atoms with Gasteiger partial charge in [-0.05, 0) is 34.1 Å². The van der Waals surface area contributed by atoms with E-state index in [0.29, 0.717) is 23.1 Å². The van der Waals surface area contributed by atoms with Crippen molar-refractivity contribution in [1.82, 2.24) is 14.9 Å². The molecule has 0 unspecified atom stereocenters. The summed E-state index contributed by atoms with van der Waals surface area (Å²) in [6, 6.07) is 4.53. The number of amides is 1. The molecule has 1 aromatic heterocycles. The summed E-state index contributed by atoms with van der Waals surface area (Å²) in [6.45, 7) is 0.708. The van der Waals surface area contributed by atoms with Gasteiger partial charge in [-0.3, -0.25) is 4.79 Å². The fourth-order valence-electron chi connectivity index (χ4n) is 1.65. The van der Waals surface area contributed by atoms with E-state index in [4.69, 9.17) is 5.11 Å². The molecule has 7 nitrogen and oxygen atoms in total. The van der Waals surface area contributed by atoms with E-state index in [9.17, 15) is 14.7 Å². The zero-order valence-corrected chi connectivity index (χ0v) is 12.4. The first-order valence-corrected chi connectivity index (χ1v) is 6.78. The predicted molar refractivity (Wildman–Crippen MR) is 77.3 cm³/mol. The van der Waals surface area contributed by atoms with Crippen molar-refractivity contribution in [3.63, 3.8) is 0 Å². The Balaban J connectivity index is 1.88. The molecule has 21 heavy (non-hydrogen) atoms. The largest absolute Gasteiger partial charge is 0.507 e. The number of aromatic carboxylic acids is 1. The first-order chi connectivity index (χ1) is 9.97. The highest BCUT2D eigenvalue weighted by Crippen LogP contribution is 2.24. The molecule has 0 aliphatic carbocycles. The van der Waals surface area contributed by atoms with E-state index in [1.807, 2.05) is 0 Å². The third-order valence-electron chi connectivity index (χ3n) is 2.72. The summed E-state index contributed by atoms with van der Waals surface area (Å²) in [5, 5.41) is 20.9. The summed E-state index contributed by atoms with van der Waals surface area (Å²) in [7, 11) is 0. The van der Waals surface area contributed by atoms with E-state index in [1.54, 1.807) is 16.7 Å². The van der Waals surface area contributed by atoms with Crippen molar-refractivity contribution in [2.24, 2.45) is 0 Å². The number of aromatic nitrogens is 2. The van der Waals surface area contributed by atoms with Gasteiger partial charge >= 0.3 is 5.97 Å². The van der Waals surface area contributed by atoms with Gasteiger partial charge in [0, 0.05) is 24.8 Å². The van der Waals surface area contributed by atoms with Gasteiger partial charge in [-0.2, -0.15) is 0 Å². The Morgan fingerprint density at radius 1 is 1.38 bits per heavy atom. The Bertz CT molecular complexity index is 684. The van der Waals surface area contributed by atoms with Crippen LogP contribution in [0.25, 0.3) is 0 Å². The number of benzene rings is 1. The average Bonchev–Trinajstić information content (AvgIpc) is 2.91. The van der Waals surface area contributed by atoms with Crippen molar-refractivity contribution in [2.75, 3.05) is 6.54 Å². The number of hydrogen-bond donors (Lipinski definition) is 3. The van der Waals surface area contributed by atoms with Crippen LogP contribution in [0.3, 0.4) is 0 Å². The lowest BCUT2D eigenvalue weighted by atomic mass is 10.2. The summed E-state index contributed by atoms with van der Waals surface area (Å²) in [5.41, 5.74) is 0.298. The number of hydrogen-bond acceptors (Lipinski definition) is 4. The molecule has 1 amide bonds. The van der Waals surface area contributed by atoms with Gasteiger partial charge in [-0.1, -0.05) is 0 Å². The molecule has 2 rings (SSSR count). The van der Waals surface area contributed by atoms with Crippen LogP contribution in [0.4, 0.5) is 0 Å². The number of nitrogens with zero attached hydrogens (tertiary/aromatic N) is 2. The van der Waals surface area contributed by atoms with Crippen molar-refractivity contribution in [2.45, 2.75) is 6.54 Å². The minimum Gasteiger partial charge on any atom is -0.507 e. The van der Waals surface area contributed by atoms with Crippen LogP contribution < -0.4 is 5.32 Å². The monoisotopic (exact) mass is 353 g/mol. The molecule has 1 aromatic carbocycles. The molecule has 0 fully saturated rings. The van der Waals surface area contributed by atoms with E-state index in [2.05, 4.69) is 26.2 Å². The molecule has 0 bridgehead atoms. The topological polar surface area (TPSA) is 104 Å². The molecule has 0 saturated heterocycles. The van der Waals surface area contributed by atoms with Gasteiger partial charge < -0.3 is 20.1 Å². The Morgan fingerprint density at radius 3 is 2.76 bits per heavy atom. The molecule has 0 saturated carbocycles. The second-order valence-corrected chi connectivity index (χ2v) is 5.08. The summed E-state index contributed by atoms with van der Waals surface area (Å²) < 4.78 is 2.08. The number of nitrogens with one attached hydrogen (secondary N) is 1. The third-order valence-corrected chi connectivity index (χ3v) is 3.39. The lowest BCUT2D eigenvalue weighted by Gasteiger charge is -2.06. The average molecular weight is 354 g/mol. The van der Waals surface area contributed by atoms with Crippen LogP contribution in [0.2, 0.25) is 0 Å². The van der Waals surface area contributed by atoms with E-state index in [0.717, 1.165) is 0 Å². The second-order valence-electron chi connectivity index (χ2n) is 4.22. The molecule has 1 heterocycles. The third kappa shape index (κ3) is 3.82. The summed E-state index contributed by atoms with van der Waals surface area (Å²) in [5.74, 6) is -1.43. The van der Waals surface area contributed by atoms with E-state index >= 15 is 0 Å². The lowest BCUT2D eigenvalue weighted by molar-refractivity contribution is 0.0690. The van der Waals surface area contributed by atoms with Gasteiger partial charge in [-0.25, -0.2) is 9.78 Å². The Morgan fingerprint density at radius 2 is 2.14 bits per heavy atom. The zero-order chi connectivity index (χ0) is 15.4. The lowest BCUT2D eigenvalue weighted by Crippen LogP contribution is -2.26. The molecule has 2 aromatic rings. The van der Waals surface area contributed by atoms with Crippen LogP contribution in [0.1, 0.15) is 20.8 Å². The quantitative estimate of drug-likeness (QED) is 0.755. The number of phenols is 1. The summed E-state index contributed by atoms with van der Waals surface area (Å²) >= 11 is 3.14. The first-order valence-electron chi connectivity index (χ1n) is 5.99. The molecule has 0 spiro atoms. The molecule has 8 heteroatoms. The van der Waals surface area contributed by atoms with Gasteiger partial charge in [0.15, 0.2) is 5.69 Å². The maximum absolute atomic E-state index is 11.9. The number of carbonyl (C=O) groups excluding carboxylic acids is 1. The van der Waals surface area contributed by atoms with E-state index < -0.39 is 5.97 Å². The number of halogens is 1. The standard InChI is InChI=1S/C13H12BrN3O4/c14-9-2-1-8(5-11(9)18)12(19)15-3-4-17-6-10(13(20)21)16-7-17/h1-2,5-7,18H,3-4H2,(H,15,19)(H,20,21). The van der Waals surface area contributed by atoms with Crippen LogP contribution in [0.15, 0.2) is 35.2 Å². The highest BCUT2D eigenvalue weighted by atomic mass is 79.9. The summed E-state index contributed by atoms with van der Waals surface area (Å²) in [4.78, 5) is 26.2. The Hall–Kier alpha value is -2.35. The Labute approximate surface area is 128 Å². The van der Waals surface area contributed by atoms with Crippen molar-refractivity contribution in [3.8, 4) is 5.75 Å². The number of carbonyl (C=O) groups is 2. The predicted octanol–water partition coefficient (Wildman–Crippen LogP) is 1.48. The number of imidazole rings is 1. The van der Waals surface area contributed by atoms with Crippen molar-refractivity contribution < 1.29 is 19.8 Å². The van der Waals surface area contributed by atoms with Crippen molar-refractivity contribution >= 4 is 27.8 Å². The smallest absolute Gasteiger partial charge is 0.356 e. The van der Waals surface area contributed by atoms with Crippen LogP contribution in [-0.4, -0.2) is 38.2 Å². The summed E-state index contributed by atoms with van der Waals surface area (Å²) in [6.07, 6.45) is 2.78. The molecular weight excluding hydrogens is 342 g/mol. The highest BCUT2D eigenvalue weighted by molar-refractivity contribution is 9.10. The fraction of sp³-hybridized carbons (Fsp3) is 0.154. The Kier molecular flexibility index (Phi) is 4.59. The molecule has 0 aliphatic heterocycles. The molecule has 0 radical (unpaired) electrons.